The number of nitrogens with zero attached hydrogens (tertiary/aromatic N) is 2. The lowest BCUT2D eigenvalue weighted by Crippen LogP contribution is -2.37. The van der Waals surface area contributed by atoms with Crippen LogP contribution in [0.1, 0.15) is 36.0 Å². The Hall–Kier alpha value is -3.32. The molecule has 0 saturated carbocycles. The van der Waals surface area contributed by atoms with E-state index in [1.807, 2.05) is 43.0 Å². The Morgan fingerprint density at radius 3 is 2.57 bits per heavy atom. The first kappa shape index (κ1) is 24.8. The van der Waals surface area contributed by atoms with E-state index in [-0.39, 0.29) is 18.4 Å². The van der Waals surface area contributed by atoms with Crippen LogP contribution in [-0.4, -0.2) is 51.3 Å². The van der Waals surface area contributed by atoms with Gasteiger partial charge in [0.25, 0.3) is 0 Å². The van der Waals surface area contributed by atoms with Crippen LogP contribution in [-0.2, 0) is 22.5 Å². The molecule has 7 nitrogen and oxygen atoms in total. The van der Waals surface area contributed by atoms with Crippen molar-refractivity contribution in [3.05, 3.63) is 69.6 Å². The summed E-state index contributed by atoms with van der Waals surface area (Å²) in [5, 5.41) is 0.852. The van der Waals surface area contributed by atoms with Crippen LogP contribution in [0.2, 0.25) is 0 Å². The van der Waals surface area contributed by atoms with Crippen LogP contribution in [0.25, 0.3) is 11.0 Å². The fourth-order valence-electron chi connectivity index (χ4n) is 4.59. The minimum absolute atomic E-state index is 0.00538. The van der Waals surface area contributed by atoms with Gasteiger partial charge in [0.1, 0.15) is 11.3 Å². The van der Waals surface area contributed by atoms with Crippen molar-refractivity contribution in [2.75, 3.05) is 39.3 Å². The molecular weight excluding hydrogens is 444 g/mol. The van der Waals surface area contributed by atoms with Crippen LogP contribution in [0.5, 0.6) is 5.75 Å². The molecule has 7 heteroatoms. The summed E-state index contributed by atoms with van der Waals surface area (Å²) in [4.78, 5) is 30.0. The number of hydrogen-bond acceptors (Lipinski definition) is 6. The minimum atomic E-state index is -0.402. The zero-order valence-corrected chi connectivity index (χ0v) is 21.0. The highest BCUT2D eigenvalue weighted by Gasteiger charge is 2.23. The number of aryl methyl sites for hydroxylation is 1. The minimum Gasteiger partial charge on any atom is -0.497 e. The number of rotatable bonds is 9. The van der Waals surface area contributed by atoms with Crippen molar-refractivity contribution in [1.29, 1.82) is 0 Å². The van der Waals surface area contributed by atoms with E-state index >= 15 is 0 Å². The molecule has 1 fully saturated rings. The first-order valence-corrected chi connectivity index (χ1v) is 12.1. The van der Waals surface area contributed by atoms with Crippen molar-refractivity contribution in [2.24, 2.45) is 0 Å². The van der Waals surface area contributed by atoms with Gasteiger partial charge in [-0.2, -0.15) is 0 Å². The third-order valence-electron chi connectivity index (χ3n) is 6.71. The summed E-state index contributed by atoms with van der Waals surface area (Å²) in [6.07, 6.45) is 2.60. The molecule has 0 spiro atoms. The van der Waals surface area contributed by atoms with Crippen molar-refractivity contribution < 1.29 is 18.7 Å². The van der Waals surface area contributed by atoms with E-state index in [1.165, 1.54) is 0 Å². The molecule has 35 heavy (non-hydrogen) atoms. The second-order valence-corrected chi connectivity index (χ2v) is 9.33. The van der Waals surface area contributed by atoms with Gasteiger partial charge in [0.05, 0.1) is 13.2 Å². The summed E-state index contributed by atoms with van der Waals surface area (Å²) in [5.41, 5.74) is 3.66. The summed E-state index contributed by atoms with van der Waals surface area (Å²) < 4.78 is 16.6. The number of ether oxygens (including phenoxy) is 2. The number of benzene rings is 2. The fraction of sp³-hybridized carbons (Fsp3) is 0.429. The van der Waals surface area contributed by atoms with Gasteiger partial charge >= 0.3 is 5.63 Å². The molecule has 1 aliphatic rings. The summed E-state index contributed by atoms with van der Waals surface area (Å²) in [6, 6.07) is 13.7. The quantitative estimate of drug-likeness (QED) is 0.427. The highest BCUT2D eigenvalue weighted by atomic mass is 16.5. The SMILES string of the molecule is COc1ccc2c(C)c(CCC(=O)N(Cc3ccc(N(C)C)cc3)CC3CCCO3)c(=O)oc2c1. The molecule has 186 valence electrons. The van der Waals surface area contributed by atoms with Crippen molar-refractivity contribution in [1.82, 2.24) is 4.90 Å². The first-order chi connectivity index (χ1) is 16.9. The van der Waals surface area contributed by atoms with Crippen LogP contribution in [0.4, 0.5) is 5.69 Å². The Bertz CT molecular complexity index is 1230. The van der Waals surface area contributed by atoms with Crippen molar-refractivity contribution in [3.8, 4) is 5.75 Å². The van der Waals surface area contributed by atoms with Gasteiger partial charge in [0.2, 0.25) is 5.91 Å². The summed E-state index contributed by atoms with van der Waals surface area (Å²) in [5.74, 6) is 0.636. The number of amides is 1. The number of fused-ring (bicyclic) bond motifs is 1. The zero-order chi connectivity index (χ0) is 24.9. The lowest BCUT2D eigenvalue weighted by molar-refractivity contribution is -0.133. The summed E-state index contributed by atoms with van der Waals surface area (Å²) in [7, 11) is 5.58. The molecule has 4 rings (SSSR count). The van der Waals surface area contributed by atoms with E-state index in [4.69, 9.17) is 13.9 Å². The van der Waals surface area contributed by atoms with E-state index in [1.54, 1.807) is 13.2 Å². The second-order valence-electron chi connectivity index (χ2n) is 9.33. The van der Waals surface area contributed by atoms with Crippen molar-refractivity contribution in [3.63, 3.8) is 0 Å². The van der Waals surface area contributed by atoms with Crippen LogP contribution in [0.3, 0.4) is 0 Å². The maximum Gasteiger partial charge on any atom is 0.339 e. The monoisotopic (exact) mass is 478 g/mol. The largest absolute Gasteiger partial charge is 0.497 e. The maximum absolute atomic E-state index is 13.4. The Morgan fingerprint density at radius 2 is 1.91 bits per heavy atom. The molecule has 3 aromatic rings. The van der Waals surface area contributed by atoms with E-state index in [0.717, 1.165) is 41.6 Å². The summed E-state index contributed by atoms with van der Waals surface area (Å²) >= 11 is 0. The van der Waals surface area contributed by atoms with Crippen LogP contribution >= 0.6 is 0 Å². The number of carbonyl (C=O) groups is 1. The molecule has 1 amide bonds. The predicted molar refractivity (Wildman–Crippen MR) is 137 cm³/mol. The predicted octanol–water partition coefficient (Wildman–Crippen LogP) is 4.32. The van der Waals surface area contributed by atoms with Gasteiger partial charge in [0.15, 0.2) is 0 Å². The molecule has 2 heterocycles. The Morgan fingerprint density at radius 1 is 1.14 bits per heavy atom. The average molecular weight is 479 g/mol. The van der Waals surface area contributed by atoms with Gasteiger partial charge in [-0.1, -0.05) is 12.1 Å². The van der Waals surface area contributed by atoms with Gasteiger partial charge in [-0.05, 0) is 61.6 Å². The lowest BCUT2D eigenvalue weighted by Gasteiger charge is -2.26. The van der Waals surface area contributed by atoms with E-state index in [9.17, 15) is 9.59 Å². The van der Waals surface area contributed by atoms with Crippen LogP contribution in [0.15, 0.2) is 51.7 Å². The van der Waals surface area contributed by atoms with Crippen molar-refractivity contribution in [2.45, 2.75) is 45.3 Å². The van der Waals surface area contributed by atoms with Gasteiger partial charge < -0.3 is 23.7 Å². The molecule has 0 bridgehead atoms. The molecule has 1 atom stereocenters. The number of hydrogen-bond donors (Lipinski definition) is 0. The highest BCUT2D eigenvalue weighted by Crippen LogP contribution is 2.25. The van der Waals surface area contributed by atoms with Crippen molar-refractivity contribution >= 4 is 22.6 Å². The first-order valence-electron chi connectivity index (χ1n) is 12.1. The van der Waals surface area contributed by atoms with Crippen LogP contribution < -0.4 is 15.3 Å². The molecular formula is C28H34N2O5. The third kappa shape index (κ3) is 5.85. The number of methoxy groups -OCH3 is 1. The molecule has 1 unspecified atom stereocenters. The van der Waals surface area contributed by atoms with E-state index < -0.39 is 5.63 Å². The number of carbonyl (C=O) groups excluding carboxylic acids is 1. The zero-order valence-electron chi connectivity index (χ0n) is 21.0. The normalized spacial score (nSPS) is 15.4. The van der Waals surface area contributed by atoms with E-state index in [0.29, 0.717) is 36.4 Å². The van der Waals surface area contributed by atoms with E-state index in [2.05, 4.69) is 24.3 Å². The topological polar surface area (TPSA) is 72.2 Å². The Labute approximate surface area is 206 Å². The lowest BCUT2D eigenvalue weighted by atomic mass is 10.0. The molecule has 1 saturated heterocycles. The molecule has 0 radical (unpaired) electrons. The molecule has 0 N–H and O–H groups in total. The second kappa shape index (κ2) is 11.0. The fourth-order valence-corrected chi connectivity index (χ4v) is 4.59. The number of anilines is 1. The van der Waals surface area contributed by atoms with Gasteiger partial charge in [-0.3, -0.25) is 4.79 Å². The molecule has 2 aromatic carbocycles. The third-order valence-corrected chi connectivity index (χ3v) is 6.71. The Kier molecular flexibility index (Phi) is 7.76. The Balaban J connectivity index is 1.51. The van der Waals surface area contributed by atoms with Gasteiger partial charge in [-0.15, -0.1) is 0 Å². The maximum atomic E-state index is 13.4. The molecule has 1 aromatic heterocycles. The van der Waals surface area contributed by atoms with Gasteiger partial charge in [-0.25, -0.2) is 4.79 Å². The highest BCUT2D eigenvalue weighted by molar-refractivity contribution is 5.83. The smallest absolute Gasteiger partial charge is 0.339 e. The standard InChI is InChI=1S/C28H34N2O5/c1-19-24-12-11-22(33-4)16-26(24)35-28(32)25(19)13-14-27(31)30(18-23-6-5-15-34-23)17-20-7-9-21(10-8-20)29(2)3/h7-12,16,23H,5-6,13-15,17-18H2,1-4H3. The average Bonchev–Trinajstić information content (AvgIpc) is 3.36. The molecule has 1 aliphatic heterocycles. The van der Waals surface area contributed by atoms with Crippen LogP contribution in [0, 0.1) is 6.92 Å². The van der Waals surface area contributed by atoms with Gasteiger partial charge in [0, 0.05) is 62.9 Å². The summed E-state index contributed by atoms with van der Waals surface area (Å²) in [6.45, 7) is 3.71. The molecule has 0 aliphatic carbocycles.